The molecule has 0 radical (unpaired) electrons. The van der Waals surface area contributed by atoms with Gasteiger partial charge >= 0.3 is 0 Å². The third kappa shape index (κ3) is 19.0. The molecule has 0 amide bonds. The Bertz CT molecular complexity index is 211. The first kappa shape index (κ1) is 15.8. The average molecular weight is 220 g/mol. The van der Waals surface area contributed by atoms with Gasteiger partial charge in [-0.2, -0.15) is 0 Å². The fraction of sp³-hybridized carbons (Fsp3) is 0.571. The van der Waals surface area contributed by atoms with Gasteiger partial charge in [-0.3, -0.25) is 14.6 Å². The number of hydrogen-bond acceptors (Lipinski definition) is 6. The van der Waals surface area contributed by atoms with Crippen molar-refractivity contribution in [1.29, 1.82) is 0 Å². The fourth-order valence-corrected chi connectivity index (χ4v) is 0.406. The summed E-state index contributed by atoms with van der Waals surface area (Å²) in [6.07, 6.45) is 1.09. The van der Waals surface area contributed by atoms with Gasteiger partial charge in [-0.1, -0.05) is 0 Å². The van der Waals surface area contributed by atoms with Crippen LogP contribution < -0.4 is 16.8 Å². The molecule has 88 valence electrons. The van der Waals surface area contributed by atoms with Crippen LogP contribution in [0.25, 0.3) is 0 Å². The molecule has 0 fully saturated rings. The lowest BCUT2D eigenvalue weighted by Crippen LogP contribution is -2.44. The molecule has 15 heavy (non-hydrogen) atoms. The summed E-state index contributed by atoms with van der Waals surface area (Å²) < 4.78 is 0. The minimum Gasteiger partial charge on any atom is -0.481 e. The first-order valence-corrected chi connectivity index (χ1v) is 3.95. The van der Waals surface area contributed by atoms with Gasteiger partial charge in [0.2, 0.25) is 0 Å². The lowest BCUT2D eigenvalue weighted by atomic mass is 10.4. The minimum absolute atomic E-state index is 0.181. The zero-order valence-electron chi connectivity index (χ0n) is 8.54. The Kier molecular flexibility index (Phi) is 9.37. The molecule has 0 aromatic heterocycles. The van der Waals surface area contributed by atoms with E-state index in [0.29, 0.717) is 0 Å². The van der Waals surface area contributed by atoms with Gasteiger partial charge < -0.3 is 27.0 Å². The van der Waals surface area contributed by atoms with E-state index in [0.717, 1.165) is 13.8 Å². The first-order valence-electron chi connectivity index (χ1n) is 3.95. The van der Waals surface area contributed by atoms with E-state index in [1.165, 1.54) is 6.34 Å². The Balaban J connectivity index is 0. The van der Waals surface area contributed by atoms with E-state index in [1.807, 2.05) is 0 Å². The molecule has 0 aromatic rings. The maximum Gasteiger partial charge on any atom is 0.300 e. The van der Waals surface area contributed by atoms with Gasteiger partial charge in [0.05, 0.1) is 6.34 Å². The predicted molar refractivity (Wildman–Crippen MR) is 54.2 cm³/mol. The van der Waals surface area contributed by atoms with E-state index in [-0.39, 0.29) is 12.3 Å². The van der Waals surface area contributed by atoms with Crippen molar-refractivity contribution < 1.29 is 19.8 Å². The fourth-order valence-electron chi connectivity index (χ4n) is 0.406. The molecule has 1 rings (SSSR count). The highest BCUT2D eigenvalue weighted by molar-refractivity contribution is 5.63. The maximum absolute atomic E-state index is 9.00. The highest BCUT2D eigenvalue weighted by atomic mass is 16.4. The molecule has 0 saturated carbocycles. The largest absolute Gasteiger partial charge is 0.481 e. The van der Waals surface area contributed by atoms with Crippen molar-refractivity contribution in [2.75, 3.05) is 0 Å². The molecule has 0 aromatic carbocycles. The summed E-state index contributed by atoms with van der Waals surface area (Å²) in [6.45, 7) is 2.17. The second kappa shape index (κ2) is 8.91. The van der Waals surface area contributed by atoms with Crippen molar-refractivity contribution in [3.05, 3.63) is 0 Å². The number of hydrogen-bond donors (Lipinski definition) is 5. The SMILES string of the molecule is CC(=O)O.CC(=O)O.NC1N=CNC1N. The van der Waals surface area contributed by atoms with E-state index in [1.54, 1.807) is 0 Å². The lowest BCUT2D eigenvalue weighted by molar-refractivity contribution is -0.135. The molecular formula is C7H16N4O4. The van der Waals surface area contributed by atoms with Crippen molar-refractivity contribution in [2.45, 2.75) is 26.2 Å². The summed E-state index contributed by atoms with van der Waals surface area (Å²) in [5.41, 5.74) is 10.6. The smallest absolute Gasteiger partial charge is 0.300 e. The number of aliphatic imine (C=N–C) groups is 1. The normalized spacial score (nSPS) is 21.3. The number of carboxylic acids is 2. The Morgan fingerprint density at radius 3 is 1.67 bits per heavy atom. The van der Waals surface area contributed by atoms with Gasteiger partial charge in [-0.05, 0) is 0 Å². The van der Waals surface area contributed by atoms with Crippen LogP contribution in [0.3, 0.4) is 0 Å². The highest BCUT2D eigenvalue weighted by Crippen LogP contribution is 1.87. The molecular weight excluding hydrogens is 204 g/mol. The van der Waals surface area contributed by atoms with Crippen LogP contribution in [0.15, 0.2) is 4.99 Å². The molecule has 2 atom stereocenters. The van der Waals surface area contributed by atoms with Gasteiger partial charge in [-0.25, -0.2) is 0 Å². The lowest BCUT2D eigenvalue weighted by Gasteiger charge is -2.05. The number of aliphatic carboxylic acids is 2. The number of nitrogens with zero attached hydrogens (tertiary/aromatic N) is 1. The molecule has 0 saturated heterocycles. The van der Waals surface area contributed by atoms with Gasteiger partial charge in [0, 0.05) is 13.8 Å². The van der Waals surface area contributed by atoms with Crippen LogP contribution in [0.1, 0.15) is 13.8 Å². The van der Waals surface area contributed by atoms with Crippen LogP contribution in [0.2, 0.25) is 0 Å². The molecule has 0 bridgehead atoms. The van der Waals surface area contributed by atoms with Crippen LogP contribution in [0.4, 0.5) is 0 Å². The van der Waals surface area contributed by atoms with E-state index in [2.05, 4.69) is 10.3 Å². The van der Waals surface area contributed by atoms with E-state index in [9.17, 15) is 0 Å². The number of carbonyl (C=O) groups is 2. The van der Waals surface area contributed by atoms with Crippen molar-refractivity contribution in [3.63, 3.8) is 0 Å². The summed E-state index contributed by atoms with van der Waals surface area (Å²) in [5.74, 6) is -1.67. The molecule has 2 unspecified atom stereocenters. The van der Waals surface area contributed by atoms with Crippen LogP contribution in [0.5, 0.6) is 0 Å². The predicted octanol–water partition coefficient (Wildman–Crippen LogP) is -1.63. The standard InChI is InChI=1S/C3H8N4.2C2H4O2/c4-2-3(5)7-1-6-2;2*1-2(3)4/h1-3H,4-5H2,(H,6,7);2*1H3,(H,3,4). The second-order valence-electron chi connectivity index (χ2n) is 2.50. The van der Waals surface area contributed by atoms with Crippen molar-refractivity contribution in [1.82, 2.24) is 5.32 Å². The van der Waals surface area contributed by atoms with Crippen molar-refractivity contribution in [2.24, 2.45) is 16.5 Å². The molecule has 1 aliphatic heterocycles. The van der Waals surface area contributed by atoms with E-state index < -0.39 is 11.9 Å². The molecule has 1 aliphatic rings. The van der Waals surface area contributed by atoms with Crippen molar-refractivity contribution >= 4 is 18.3 Å². The van der Waals surface area contributed by atoms with E-state index in [4.69, 9.17) is 31.3 Å². The molecule has 8 heteroatoms. The van der Waals surface area contributed by atoms with Gasteiger partial charge in [0.1, 0.15) is 12.3 Å². The number of rotatable bonds is 0. The van der Waals surface area contributed by atoms with Crippen LogP contribution in [0, 0.1) is 0 Å². The number of nitrogens with one attached hydrogen (secondary N) is 1. The third-order valence-electron chi connectivity index (χ3n) is 0.882. The molecule has 1 heterocycles. The Morgan fingerprint density at radius 1 is 1.27 bits per heavy atom. The molecule has 7 N–H and O–H groups in total. The molecule has 0 spiro atoms. The first-order chi connectivity index (χ1) is 6.77. The Morgan fingerprint density at radius 2 is 1.60 bits per heavy atom. The summed E-state index contributed by atoms with van der Waals surface area (Å²) in [6, 6.07) is 0. The monoisotopic (exact) mass is 220 g/mol. The Labute approximate surface area is 87.0 Å². The zero-order valence-corrected chi connectivity index (χ0v) is 8.54. The summed E-state index contributed by atoms with van der Waals surface area (Å²) in [7, 11) is 0. The van der Waals surface area contributed by atoms with Gasteiger partial charge in [0.25, 0.3) is 11.9 Å². The van der Waals surface area contributed by atoms with Crippen LogP contribution in [-0.4, -0.2) is 40.8 Å². The molecule has 0 aliphatic carbocycles. The number of carboxylic acid groups (broad SMARTS) is 2. The average Bonchev–Trinajstić information content (AvgIpc) is 2.33. The molecule has 8 nitrogen and oxygen atoms in total. The van der Waals surface area contributed by atoms with Gasteiger partial charge in [0.15, 0.2) is 0 Å². The minimum atomic E-state index is -0.833. The number of nitrogens with two attached hydrogens (primary N) is 2. The third-order valence-corrected chi connectivity index (χ3v) is 0.882. The summed E-state index contributed by atoms with van der Waals surface area (Å²) in [5, 5.41) is 17.6. The summed E-state index contributed by atoms with van der Waals surface area (Å²) >= 11 is 0. The van der Waals surface area contributed by atoms with Crippen molar-refractivity contribution in [3.8, 4) is 0 Å². The van der Waals surface area contributed by atoms with E-state index >= 15 is 0 Å². The topological polar surface area (TPSA) is 151 Å². The van der Waals surface area contributed by atoms with Gasteiger partial charge in [-0.15, -0.1) is 0 Å². The highest BCUT2D eigenvalue weighted by Gasteiger charge is 2.12. The quantitative estimate of drug-likeness (QED) is 0.328. The maximum atomic E-state index is 9.00. The summed E-state index contributed by atoms with van der Waals surface area (Å²) in [4.78, 5) is 21.7. The zero-order chi connectivity index (χ0) is 12.4. The van der Waals surface area contributed by atoms with Crippen LogP contribution >= 0.6 is 0 Å². The van der Waals surface area contributed by atoms with Crippen LogP contribution in [-0.2, 0) is 9.59 Å². The Hall–Kier alpha value is -1.67. The second-order valence-corrected chi connectivity index (χ2v) is 2.50.